The molecule has 0 saturated heterocycles. The molecule has 92 valence electrons. The Morgan fingerprint density at radius 1 is 0.722 bits per heavy atom. The van der Waals surface area contributed by atoms with Crippen molar-refractivity contribution in [3.8, 4) is 0 Å². The number of rotatable bonds is 2. The molecule has 0 aromatic heterocycles. The van der Waals surface area contributed by atoms with Crippen LogP contribution in [0.15, 0.2) is 70.5 Å². The standard InChI is InChI=1S/C12H10S.BH3O2.K.H2O.H/c1-3-7-11(8-4-1)13-12-9-5-2-6-10-12;2-1-3;;;/h1-10H;1-3H;;1H2;. The maximum absolute atomic E-state index is 7.12. The minimum Gasteiger partial charge on any atom is -0.0901 e. The van der Waals surface area contributed by atoms with Gasteiger partial charge < -0.3 is 15.5 Å². The quantitative estimate of drug-likeness (QED) is 0.796. The molecule has 0 bridgehead atoms. The minimum atomic E-state index is -0.750. The molecule has 0 saturated carbocycles. The summed E-state index contributed by atoms with van der Waals surface area (Å²) in [6.07, 6.45) is 0. The molecule has 0 unspecified atom stereocenters. The molecule has 0 radical (unpaired) electrons. The van der Waals surface area contributed by atoms with Crippen LogP contribution in [-0.4, -0.2) is 74.6 Å². The number of hydrogen-bond acceptors (Lipinski definition) is 3. The molecule has 0 aliphatic rings. The second kappa shape index (κ2) is 13.8. The Morgan fingerprint density at radius 3 is 1.28 bits per heavy atom. The van der Waals surface area contributed by atoms with Gasteiger partial charge in [0.25, 0.3) is 0 Å². The molecule has 18 heavy (non-hydrogen) atoms. The van der Waals surface area contributed by atoms with Crippen molar-refractivity contribution in [1.82, 2.24) is 0 Å². The van der Waals surface area contributed by atoms with Gasteiger partial charge in [-0.2, -0.15) is 0 Å². The average Bonchev–Trinajstić information content (AvgIpc) is 2.33. The summed E-state index contributed by atoms with van der Waals surface area (Å²) in [4.78, 5) is 2.57. The molecule has 2 rings (SSSR count). The fourth-order valence-corrected chi connectivity index (χ4v) is 1.97. The number of hydrogen-bond donors (Lipinski definition) is 2. The van der Waals surface area contributed by atoms with Gasteiger partial charge in [-0.1, -0.05) is 48.2 Å². The molecule has 2 aromatic carbocycles. The van der Waals surface area contributed by atoms with E-state index < -0.39 is 7.69 Å². The van der Waals surface area contributed by atoms with Crippen molar-refractivity contribution in [1.29, 1.82) is 0 Å². The largest absolute Gasteiger partial charge is 0.0901 e. The van der Waals surface area contributed by atoms with Crippen molar-refractivity contribution in [2.45, 2.75) is 9.79 Å². The molecular formula is C12H16BKO3S. The van der Waals surface area contributed by atoms with E-state index in [2.05, 4.69) is 48.5 Å². The van der Waals surface area contributed by atoms with Gasteiger partial charge in [0.05, 0.1) is 0 Å². The molecule has 3 nitrogen and oxygen atoms in total. The van der Waals surface area contributed by atoms with E-state index in [9.17, 15) is 0 Å². The minimum absolute atomic E-state index is 0. The van der Waals surface area contributed by atoms with Gasteiger partial charge in [0.15, 0.2) is 0 Å². The third-order valence-electron chi connectivity index (χ3n) is 1.72. The zero-order chi connectivity index (χ0) is 11.6. The molecule has 0 amide bonds. The van der Waals surface area contributed by atoms with Crippen molar-refractivity contribution in [2.24, 2.45) is 0 Å². The first-order chi connectivity index (χ1) is 7.86. The normalized spacial score (nSPS) is 7.89. The first-order valence-electron chi connectivity index (χ1n) is 4.86. The number of benzene rings is 2. The summed E-state index contributed by atoms with van der Waals surface area (Å²) in [6, 6.07) is 20.8. The van der Waals surface area contributed by atoms with Crippen LogP contribution in [0.4, 0.5) is 0 Å². The van der Waals surface area contributed by atoms with Crippen molar-refractivity contribution in [3.05, 3.63) is 60.7 Å². The Bertz CT molecular complexity index is 352. The molecule has 0 spiro atoms. The maximum atomic E-state index is 7.12. The van der Waals surface area contributed by atoms with Crippen LogP contribution < -0.4 is 0 Å². The first kappa shape index (κ1) is 20.7. The average molecular weight is 290 g/mol. The zero-order valence-corrected chi connectivity index (χ0v) is 10.1. The van der Waals surface area contributed by atoms with Crippen LogP contribution in [0.3, 0.4) is 0 Å². The fourth-order valence-electron chi connectivity index (χ4n) is 1.11. The summed E-state index contributed by atoms with van der Waals surface area (Å²) in [5, 5.41) is 14.2. The van der Waals surface area contributed by atoms with Gasteiger partial charge in [0.2, 0.25) is 0 Å². The van der Waals surface area contributed by atoms with Crippen LogP contribution in [0, 0.1) is 0 Å². The summed E-state index contributed by atoms with van der Waals surface area (Å²) < 4.78 is 0. The summed E-state index contributed by atoms with van der Waals surface area (Å²) in [5.41, 5.74) is 0. The van der Waals surface area contributed by atoms with E-state index in [-0.39, 0.29) is 56.9 Å². The summed E-state index contributed by atoms with van der Waals surface area (Å²) in [7, 11) is -0.750. The SMILES string of the molecule is O.OBO.[KH].c1ccc(Sc2ccccc2)cc1. The molecular weight excluding hydrogens is 274 g/mol. The van der Waals surface area contributed by atoms with E-state index >= 15 is 0 Å². The van der Waals surface area contributed by atoms with E-state index in [0.717, 1.165) is 0 Å². The third-order valence-corrected chi connectivity index (χ3v) is 2.74. The van der Waals surface area contributed by atoms with Crippen LogP contribution in [0.5, 0.6) is 0 Å². The second-order valence-corrected chi connectivity index (χ2v) is 4.02. The molecule has 0 fully saturated rings. The van der Waals surface area contributed by atoms with Crippen LogP contribution in [-0.2, 0) is 0 Å². The van der Waals surface area contributed by atoms with E-state index in [4.69, 9.17) is 10.0 Å². The molecule has 4 N–H and O–H groups in total. The molecule has 0 aliphatic heterocycles. The van der Waals surface area contributed by atoms with Crippen molar-refractivity contribution >= 4 is 70.8 Å². The Labute approximate surface area is 155 Å². The smallest absolute Gasteiger partial charge is 0.0122 e. The van der Waals surface area contributed by atoms with Gasteiger partial charge in [-0.05, 0) is 24.3 Å². The molecule has 0 heterocycles. The monoisotopic (exact) mass is 290 g/mol. The van der Waals surface area contributed by atoms with Gasteiger partial charge in [0.1, 0.15) is 0 Å². The van der Waals surface area contributed by atoms with Crippen LogP contribution in [0.25, 0.3) is 0 Å². The fraction of sp³-hybridized carbons (Fsp3) is 0. The van der Waals surface area contributed by atoms with E-state index in [1.54, 1.807) is 11.8 Å². The molecule has 6 heteroatoms. The predicted octanol–water partition coefficient (Wildman–Crippen LogP) is 0.602. The Kier molecular flexibility index (Phi) is 15.9. The van der Waals surface area contributed by atoms with Gasteiger partial charge in [0, 0.05) is 9.79 Å². The Hall–Kier alpha value is 0.371. The van der Waals surface area contributed by atoms with Crippen molar-refractivity contribution in [2.75, 3.05) is 0 Å². The summed E-state index contributed by atoms with van der Waals surface area (Å²) in [5.74, 6) is 0. The third kappa shape index (κ3) is 9.32. The van der Waals surface area contributed by atoms with Gasteiger partial charge >= 0.3 is 59.1 Å². The maximum Gasteiger partial charge on any atom is 0.0122 e. The molecule has 0 atom stereocenters. The topological polar surface area (TPSA) is 72.0 Å². The van der Waals surface area contributed by atoms with E-state index in [1.165, 1.54) is 9.79 Å². The van der Waals surface area contributed by atoms with E-state index in [0.29, 0.717) is 0 Å². The van der Waals surface area contributed by atoms with Gasteiger partial charge in [-0.25, -0.2) is 0 Å². The predicted molar refractivity (Wildman–Crippen MR) is 79.4 cm³/mol. The van der Waals surface area contributed by atoms with Crippen LogP contribution in [0.2, 0.25) is 0 Å². The molecule has 0 aliphatic carbocycles. The van der Waals surface area contributed by atoms with Gasteiger partial charge in [-0.15, -0.1) is 0 Å². The Morgan fingerprint density at radius 2 is 1.00 bits per heavy atom. The van der Waals surface area contributed by atoms with Crippen molar-refractivity contribution in [3.63, 3.8) is 0 Å². The van der Waals surface area contributed by atoms with Crippen LogP contribution in [0.1, 0.15) is 0 Å². The second-order valence-electron chi connectivity index (χ2n) is 2.87. The summed E-state index contributed by atoms with van der Waals surface area (Å²) in [6.45, 7) is 0. The van der Waals surface area contributed by atoms with Gasteiger partial charge in [-0.3, -0.25) is 0 Å². The Balaban J connectivity index is 0. The summed E-state index contributed by atoms with van der Waals surface area (Å²) >= 11 is 1.79. The molecule has 2 aromatic rings. The zero-order valence-electron chi connectivity index (χ0n) is 9.28. The van der Waals surface area contributed by atoms with Crippen LogP contribution >= 0.6 is 11.8 Å². The van der Waals surface area contributed by atoms with E-state index in [1.807, 2.05) is 12.1 Å². The van der Waals surface area contributed by atoms with Crippen molar-refractivity contribution < 1.29 is 15.5 Å². The first-order valence-corrected chi connectivity index (χ1v) is 5.68.